The number of hydrogen-bond donors (Lipinski definition) is 2. The van der Waals surface area contributed by atoms with E-state index in [9.17, 15) is 18.3 Å². The maximum atomic E-state index is 13.4. The fourth-order valence-electron chi connectivity index (χ4n) is 6.63. The largest absolute Gasteiger partial charge is 0.505 e. The van der Waals surface area contributed by atoms with E-state index in [-0.39, 0.29) is 46.1 Å². The van der Waals surface area contributed by atoms with Crippen molar-refractivity contribution in [2.45, 2.75) is 48.6 Å². The topological polar surface area (TPSA) is 157 Å². The Labute approximate surface area is 248 Å². The van der Waals surface area contributed by atoms with Crippen LogP contribution in [0.1, 0.15) is 47.8 Å². The maximum absolute atomic E-state index is 13.4. The molecule has 218 valence electrons. The second-order valence-corrected chi connectivity index (χ2v) is 13.2. The molecule has 6 heterocycles. The van der Waals surface area contributed by atoms with Crippen LogP contribution in [0.3, 0.4) is 0 Å². The molecule has 1 aromatic carbocycles. The number of sulfone groups is 1. The van der Waals surface area contributed by atoms with Gasteiger partial charge in [0.25, 0.3) is 5.91 Å². The number of aromatic hydroxyl groups is 1. The Hall–Kier alpha value is -4.84. The lowest BCUT2D eigenvalue weighted by Crippen LogP contribution is -2.46. The molecule has 0 unspecified atom stereocenters. The highest BCUT2D eigenvalue weighted by Gasteiger charge is 2.46. The molecule has 43 heavy (non-hydrogen) atoms. The highest BCUT2D eigenvalue weighted by Crippen LogP contribution is 2.46. The van der Waals surface area contributed by atoms with Crippen LogP contribution in [0.5, 0.6) is 5.75 Å². The van der Waals surface area contributed by atoms with Gasteiger partial charge in [-0.05, 0) is 43.9 Å². The molecule has 0 spiro atoms. The van der Waals surface area contributed by atoms with E-state index in [4.69, 9.17) is 10.7 Å². The zero-order chi connectivity index (χ0) is 29.9. The van der Waals surface area contributed by atoms with E-state index in [1.165, 1.54) is 16.8 Å². The number of carbonyl (C=O) groups excluding carboxylic acids is 1. The SMILES string of the molecule is CS(=O)(=O)c1c([C@@H]2C[C@H]3CC[C@@H](C2)N3C(=O)c2ncccc2O)nc2c(-c3ccc(-c4ccccc4)nc3)cnn2c1N. The minimum Gasteiger partial charge on any atom is -0.505 e. The first kappa shape index (κ1) is 27.0. The van der Waals surface area contributed by atoms with Crippen molar-refractivity contribution in [3.8, 4) is 28.1 Å². The lowest BCUT2D eigenvalue weighted by atomic mass is 9.87. The van der Waals surface area contributed by atoms with Crippen molar-refractivity contribution in [2.75, 3.05) is 12.0 Å². The molecule has 7 rings (SSSR count). The minimum absolute atomic E-state index is 0.00637. The summed E-state index contributed by atoms with van der Waals surface area (Å²) in [6.07, 6.45) is 8.54. The predicted octanol–water partition coefficient (Wildman–Crippen LogP) is 4.10. The number of aromatic nitrogens is 5. The fourth-order valence-corrected chi connectivity index (χ4v) is 7.69. The highest BCUT2D eigenvalue weighted by molar-refractivity contribution is 7.91. The van der Waals surface area contributed by atoms with E-state index in [0.29, 0.717) is 29.7 Å². The third-order valence-electron chi connectivity index (χ3n) is 8.52. The molecule has 2 fully saturated rings. The lowest BCUT2D eigenvalue weighted by molar-refractivity contribution is 0.0559. The number of hydrogen-bond acceptors (Lipinski definition) is 9. The second-order valence-electron chi connectivity index (χ2n) is 11.2. The number of nitrogen functional groups attached to an aromatic ring is 1. The van der Waals surface area contributed by atoms with Gasteiger partial charge in [-0.3, -0.25) is 9.78 Å². The van der Waals surface area contributed by atoms with E-state index in [1.54, 1.807) is 23.4 Å². The number of benzene rings is 1. The molecule has 0 radical (unpaired) electrons. The number of piperidine rings is 1. The van der Waals surface area contributed by atoms with Crippen LogP contribution < -0.4 is 5.73 Å². The number of fused-ring (bicyclic) bond motifs is 3. The molecule has 5 aromatic rings. The molecule has 3 N–H and O–H groups in total. The van der Waals surface area contributed by atoms with E-state index in [1.807, 2.05) is 42.5 Å². The molecule has 0 saturated carbocycles. The van der Waals surface area contributed by atoms with Crippen LogP contribution in [0, 0.1) is 0 Å². The van der Waals surface area contributed by atoms with Crippen LogP contribution in [0.4, 0.5) is 5.82 Å². The molecule has 2 aliphatic rings. The van der Waals surface area contributed by atoms with Crippen molar-refractivity contribution in [3.05, 3.63) is 84.6 Å². The van der Waals surface area contributed by atoms with Gasteiger partial charge in [-0.15, -0.1) is 0 Å². The molecule has 3 atom stereocenters. The van der Waals surface area contributed by atoms with Gasteiger partial charge in [-0.2, -0.15) is 9.61 Å². The molecule has 12 heteroatoms. The van der Waals surface area contributed by atoms with Crippen molar-refractivity contribution in [1.82, 2.24) is 29.5 Å². The number of amides is 1. The summed E-state index contributed by atoms with van der Waals surface area (Å²) in [6.45, 7) is 0. The number of carbonyl (C=O) groups is 1. The molecular formula is C31H29N7O4S. The van der Waals surface area contributed by atoms with Gasteiger partial charge in [-0.1, -0.05) is 36.4 Å². The fraction of sp³-hybridized carbons (Fsp3) is 0.258. The number of nitrogens with two attached hydrogens (primary N) is 1. The zero-order valence-electron chi connectivity index (χ0n) is 23.3. The number of nitrogens with zero attached hydrogens (tertiary/aromatic N) is 6. The van der Waals surface area contributed by atoms with Crippen LogP contribution >= 0.6 is 0 Å². The summed E-state index contributed by atoms with van der Waals surface area (Å²) in [6, 6.07) is 16.4. The van der Waals surface area contributed by atoms with Gasteiger partial charge in [0.05, 0.1) is 17.6 Å². The highest BCUT2D eigenvalue weighted by atomic mass is 32.2. The van der Waals surface area contributed by atoms with Crippen LogP contribution in [-0.4, -0.2) is 67.2 Å². The van der Waals surface area contributed by atoms with Crippen LogP contribution in [0.2, 0.25) is 0 Å². The van der Waals surface area contributed by atoms with Crippen molar-refractivity contribution in [3.63, 3.8) is 0 Å². The van der Waals surface area contributed by atoms with E-state index < -0.39 is 9.84 Å². The number of rotatable bonds is 5. The Bertz CT molecular complexity index is 1960. The first-order chi connectivity index (χ1) is 20.7. The quantitative estimate of drug-likeness (QED) is 0.305. The van der Waals surface area contributed by atoms with E-state index >= 15 is 0 Å². The van der Waals surface area contributed by atoms with Gasteiger partial charge >= 0.3 is 0 Å². The Balaban J connectivity index is 1.27. The van der Waals surface area contributed by atoms with Gasteiger partial charge in [-0.25, -0.2) is 18.4 Å². The Kier molecular flexibility index (Phi) is 6.38. The lowest BCUT2D eigenvalue weighted by Gasteiger charge is -2.39. The average Bonchev–Trinajstić information content (AvgIpc) is 3.55. The third kappa shape index (κ3) is 4.58. The molecule has 1 amide bonds. The Morgan fingerprint density at radius 1 is 0.953 bits per heavy atom. The predicted molar refractivity (Wildman–Crippen MR) is 160 cm³/mol. The molecule has 0 aliphatic carbocycles. The normalized spacial score (nSPS) is 20.0. The summed E-state index contributed by atoms with van der Waals surface area (Å²) in [5.74, 6) is -0.725. The van der Waals surface area contributed by atoms with Crippen molar-refractivity contribution in [1.29, 1.82) is 0 Å². The summed E-state index contributed by atoms with van der Waals surface area (Å²) in [4.78, 5) is 28.9. The maximum Gasteiger partial charge on any atom is 0.276 e. The summed E-state index contributed by atoms with van der Waals surface area (Å²) in [7, 11) is -3.77. The van der Waals surface area contributed by atoms with Crippen LogP contribution in [-0.2, 0) is 9.84 Å². The van der Waals surface area contributed by atoms with Crippen molar-refractivity contribution in [2.24, 2.45) is 0 Å². The number of pyridine rings is 2. The smallest absolute Gasteiger partial charge is 0.276 e. The average molecular weight is 596 g/mol. The van der Waals surface area contributed by atoms with Gasteiger partial charge in [0.1, 0.15) is 16.5 Å². The molecule has 4 aromatic heterocycles. The standard InChI is InChI=1S/C31H29N7O4S/c1-43(41,42)28-26(20-14-21-10-11-22(15-20)37(21)31(40)27-25(39)8-5-13-33-27)36-30-23(17-35-38(30)29(28)32)19-9-12-24(34-16-19)18-6-3-2-4-7-18/h2-9,12-13,16-17,20-22,39H,10-11,14-15,32H2,1H3/t20-,21-,22+. The van der Waals surface area contributed by atoms with Gasteiger partial charge < -0.3 is 15.7 Å². The Morgan fingerprint density at radius 3 is 2.35 bits per heavy atom. The van der Waals surface area contributed by atoms with Gasteiger partial charge in [0.15, 0.2) is 21.2 Å². The molecule has 2 aliphatic heterocycles. The summed E-state index contributed by atoms with van der Waals surface area (Å²) in [5.41, 5.74) is 10.7. The van der Waals surface area contributed by atoms with Crippen LogP contribution in [0.15, 0.2) is 78.1 Å². The first-order valence-corrected chi connectivity index (χ1v) is 16.0. The van der Waals surface area contributed by atoms with Crippen molar-refractivity contribution < 1.29 is 18.3 Å². The van der Waals surface area contributed by atoms with Crippen LogP contribution in [0.25, 0.3) is 28.0 Å². The van der Waals surface area contributed by atoms with E-state index in [2.05, 4.69) is 15.1 Å². The summed E-state index contributed by atoms with van der Waals surface area (Å²) in [5, 5.41) is 14.7. The molecule has 2 bridgehead atoms. The van der Waals surface area contributed by atoms with Gasteiger partial charge in [0.2, 0.25) is 0 Å². The summed E-state index contributed by atoms with van der Waals surface area (Å²) < 4.78 is 27.6. The van der Waals surface area contributed by atoms with Crippen molar-refractivity contribution >= 4 is 27.2 Å². The molecular weight excluding hydrogens is 566 g/mol. The second kappa shape index (κ2) is 10.2. The third-order valence-corrected chi connectivity index (χ3v) is 9.68. The minimum atomic E-state index is -3.77. The zero-order valence-corrected chi connectivity index (χ0v) is 24.1. The molecule has 2 saturated heterocycles. The van der Waals surface area contributed by atoms with E-state index in [0.717, 1.165) is 35.9 Å². The summed E-state index contributed by atoms with van der Waals surface area (Å²) >= 11 is 0. The first-order valence-electron chi connectivity index (χ1n) is 14.1. The van der Waals surface area contributed by atoms with Gasteiger partial charge in [0, 0.05) is 53.3 Å². The Morgan fingerprint density at radius 2 is 1.70 bits per heavy atom. The molecule has 11 nitrogen and oxygen atoms in total. The monoisotopic (exact) mass is 595 g/mol. The number of anilines is 1.